The number of carbonyl (C=O) groups excluding carboxylic acids is 2. The van der Waals surface area contributed by atoms with E-state index in [9.17, 15) is 9.59 Å². The lowest BCUT2D eigenvalue weighted by Crippen LogP contribution is -2.31. The summed E-state index contributed by atoms with van der Waals surface area (Å²) in [4.78, 5) is 36.7. The highest BCUT2D eigenvalue weighted by Crippen LogP contribution is 2.37. The van der Waals surface area contributed by atoms with Crippen LogP contribution in [0.25, 0.3) is 11.1 Å². The summed E-state index contributed by atoms with van der Waals surface area (Å²) in [6.07, 6.45) is 6.69. The number of nitrogens with zero attached hydrogens (tertiary/aromatic N) is 3. The molecule has 0 saturated heterocycles. The van der Waals surface area contributed by atoms with Gasteiger partial charge in [-0.05, 0) is 50.8 Å². The Morgan fingerprint density at radius 1 is 1.05 bits per heavy atom. The normalized spacial score (nSPS) is 10.7. The van der Waals surface area contributed by atoms with Gasteiger partial charge in [-0.1, -0.05) is 61.0 Å². The van der Waals surface area contributed by atoms with E-state index in [1.54, 1.807) is 20.9 Å². The molecule has 0 bridgehead atoms. The molecule has 3 rings (SSSR count). The first-order chi connectivity index (χ1) is 19.6. The van der Waals surface area contributed by atoms with Gasteiger partial charge in [0.2, 0.25) is 6.41 Å². The molecule has 2 aromatic carbocycles. The number of aliphatic hydroxyl groups excluding tert-OH is 1. The maximum atomic E-state index is 13.3. The molecular weight excluding hydrogens is 504 g/mol. The van der Waals surface area contributed by atoms with E-state index < -0.39 is 5.97 Å². The molecule has 0 saturated carbocycles. The molecule has 0 atom stereocenters. The average molecular weight is 545 g/mol. The number of allylic oxidation sites excluding steroid dienone is 1. The number of nitrogens with one attached hydrogen (secondary N) is 1. The lowest BCUT2D eigenvalue weighted by atomic mass is 9.92. The number of aliphatic imine (C=N–C) groups is 1. The fourth-order valence-electron chi connectivity index (χ4n) is 4.33. The number of unbranched alkanes of at least 4 members (excludes halogenated alkanes) is 3. The van der Waals surface area contributed by atoms with Gasteiger partial charge in [-0.3, -0.25) is 14.7 Å². The Morgan fingerprint density at radius 2 is 1.70 bits per heavy atom. The van der Waals surface area contributed by atoms with Crippen molar-refractivity contribution in [3.63, 3.8) is 0 Å². The largest absolute Gasteiger partial charge is 0.462 e. The summed E-state index contributed by atoms with van der Waals surface area (Å²) >= 11 is 0. The van der Waals surface area contributed by atoms with Crippen LogP contribution in [-0.2, 0) is 9.53 Å². The molecule has 1 amide bonds. The van der Waals surface area contributed by atoms with Gasteiger partial charge >= 0.3 is 5.97 Å². The van der Waals surface area contributed by atoms with Crippen LogP contribution in [0.2, 0.25) is 0 Å². The first-order valence-electron chi connectivity index (χ1n) is 13.4. The van der Waals surface area contributed by atoms with Crippen molar-refractivity contribution in [1.29, 1.82) is 0 Å². The number of aryl methyl sites for hydroxylation is 1. The maximum Gasteiger partial charge on any atom is 0.340 e. The molecule has 0 unspecified atom stereocenters. The van der Waals surface area contributed by atoms with Gasteiger partial charge in [0.15, 0.2) is 5.82 Å². The smallest absolute Gasteiger partial charge is 0.340 e. The van der Waals surface area contributed by atoms with Gasteiger partial charge in [-0.2, -0.15) is 0 Å². The maximum absolute atomic E-state index is 13.3. The molecule has 8 heteroatoms. The molecule has 8 nitrogen and oxygen atoms in total. The minimum atomic E-state index is -0.471. The van der Waals surface area contributed by atoms with Crippen LogP contribution in [0.15, 0.2) is 78.3 Å². The van der Waals surface area contributed by atoms with Crippen molar-refractivity contribution in [3.8, 4) is 11.1 Å². The molecule has 0 aliphatic carbocycles. The molecule has 0 aliphatic rings. The number of hydrogen-bond donors (Lipinski definition) is 2. The minimum absolute atomic E-state index is 0.228. The van der Waals surface area contributed by atoms with Crippen LogP contribution >= 0.6 is 0 Å². The molecule has 212 valence electrons. The molecular formula is C32H40N4O4. The molecule has 0 spiro atoms. The summed E-state index contributed by atoms with van der Waals surface area (Å²) in [7, 11) is 2.69. The standard InChI is InChI=1S/C31H36N4O3.CH4O/c1-5-7-8-9-16-21-33-29(32-4)28-27(24-17-12-10-13-18-24)26(31(37)38-6-2)23(3)34-30(28)35(22-36)25-19-14-11-15-20-25;1-2/h5,10-15,17-20,22H,1,6-9,16,21H2,2-4H3,(H,32,33);2H,1H3. The summed E-state index contributed by atoms with van der Waals surface area (Å²) < 4.78 is 5.46. The number of ether oxygens (including phenoxy) is 1. The van der Waals surface area contributed by atoms with E-state index in [0.717, 1.165) is 44.8 Å². The van der Waals surface area contributed by atoms with Gasteiger partial charge in [0, 0.05) is 26.3 Å². The van der Waals surface area contributed by atoms with Crippen molar-refractivity contribution in [2.45, 2.75) is 39.5 Å². The topological polar surface area (TPSA) is 104 Å². The summed E-state index contributed by atoms with van der Waals surface area (Å²) in [5.74, 6) is 0.458. The molecule has 1 aromatic heterocycles. The van der Waals surface area contributed by atoms with Crippen molar-refractivity contribution in [2.24, 2.45) is 4.99 Å². The number of para-hydroxylation sites is 1. The van der Waals surface area contributed by atoms with Crippen LogP contribution in [0.1, 0.15) is 54.2 Å². The van der Waals surface area contributed by atoms with E-state index in [2.05, 4.69) is 16.9 Å². The molecule has 3 aromatic rings. The average Bonchev–Trinajstić information content (AvgIpc) is 2.99. The second-order valence-electron chi connectivity index (χ2n) is 8.68. The fourth-order valence-corrected chi connectivity index (χ4v) is 4.33. The first kappa shape index (κ1) is 31.9. The Morgan fingerprint density at radius 3 is 2.27 bits per heavy atom. The van der Waals surface area contributed by atoms with Crippen molar-refractivity contribution in [3.05, 3.63) is 90.1 Å². The Kier molecular flexibility index (Phi) is 13.8. The van der Waals surface area contributed by atoms with Crippen LogP contribution in [0.3, 0.4) is 0 Å². The minimum Gasteiger partial charge on any atom is -0.462 e. The van der Waals surface area contributed by atoms with Crippen LogP contribution in [0, 0.1) is 6.92 Å². The van der Waals surface area contributed by atoms with E-state index in [1.165, 1.54) is 4.90 Å². The predicted octanol–water partition coefficient (Wildman–Crippen LogP) is 5.85. The van der Waals surface area contributed by atoms with E-state index in [-0.39, 0.29) is 6.61 Å². The summed E-state index contributed by atoms with van der Waals surface area (Å²) in [5, 5.41) is 10.5. The van der Waals surface area contributed by atoms with Crippen molar-refractivity contribution in [1.82, 2.24) is 10.3 Å². The second kappa shape index (κ2) is 17.3. The van der Waals surface area contributed by atoms with Crippen molar-refractivity contribution >= 4 is 29.7 Å². The Bertz CT molecular complexity index is 1260. The predicted molar refractivity (Wildman–Crippen MR) is 162 cm³/mol. The summed E-state index contributed by atoms with van der Waals surface area (Å²) in [6, 6.07) is 18.9. The Labute approximate surface area is 237 Å². The number of esters is 1. The highest BCUT2D eigenvalue weighted by molar-refractivity contribution is 6.14. The number of amidine groups is 1. The van der Waals surface area contributed by atoms with Gasteiger partial charge in [0.05, 0.1) is 29.1 Å². The molecule has 2 N–H and O–H groups in total. The number of aromatic nitrogens is 1. The quantitative estimate of drug-likeness (QED) is 0.0699. The zero-order valence-corrected chi connectivity index (χ0v) is 23.9. The van der Waals surface area contributed by atoms with Gasteiger partial charge in [-0.15, -0.1) is 6.58 Å². The van der Waals surface area contributed by atoms with Crippen LogP contribution in [0.5, 0.6) is 0 Å². The SMILES string of the molecule is C=CCCCCCNC(=NC)c1c(N(C=O)c2ccccc2)nc(C)c(C(=O)OCC)c1-c1ccccc1.CO. The number of benzene rings is 2. The lowest BCUT2D eigenvalue weighted by molar-refractivity contribution is -0.106. The van der Waals surface area contributed by atoms with E-state index in [4.69, 9.17) is 14.8 Å². The number of hydrogen-bond acceptors (Lipinski definition) is 6. The zero-order valence-electron chi connectivity index (χ0n) is 23.9. The highest BCUT2D eigenvalue weighted by atomic mass is 16.5. The van der Waals surface area contributed by atoms with Gasteiger partial charge in [0.25, 0.3) is 0 Å². The number of aliphatic hydroxyl groups is 1. The lowest BCUT2D eigenvalue weighted by Gasteiger charge is -2.26. The number of amides is 1. The van der Waals surface area contributed by atoms with Gasteiger partial charge < -0.3 is 15.2 Å². The van der Waals surface area contributed by atoms with Crippen LogP contribution in [-0.4, -0.2) is 55.6 Å². The number of rotatable bonds is 13. The summed E-state index contributed by atoms with van der Waals surface area (Å²) in [6.45, 7) is 8.22. The molecule has 0 radical (unpaired) electrons. The fraction of sp³-hybridized carbons (Fsp3) is 0.312. The van der Waals surface area contributed by atoms with E-state index in [1.807, 2.05) is 66.7 Å². The van der Waals surface area contributed by atoms with Crippen LogP contribution in [0.4, 0.5) is 11.5 Å². The van der Waals surface area contributed by atoms with Crippen molar-refractivity contribution < 1.29 is 19.4 Å². The number of pyridine rings is 1. The Hall–Kier alpha value is -4.30. The van der Waals surface area contributed by atoms with Crippen molar-refractivity contribution in [2.75, 3.05) is 32.2 Å². The Balaban J connectivity index is 0.00000274. The molecule has 0 aliphatic heterocycles. The molecule has 0 fully saturated rings. The monoisotopic (exact) mass is 544 g/mol. The van der Waals surface area contributed by atoms with Crippen LogP contribution < -0.4 is 10.2 Å². The van der Waals surface area contributed by atoms with E-state index in [0.29, 0.717) is 46.3 Å². The summed E-state index contributed by atoms with van der Waals surface area (Å²) in [5.41, 5.74) is 3.44. The van der Waals surface area contributed by atoms with Gasteiger partial charge in [0.1, 0.15) is 5.84 Å². The number of anilines is 2. The highest BCUT2D eigenvalue weighted by Gasteiger charge is 2.30. The third-order valence-electron chi connectivity index (χ3n) is 6.11. The van der Waals surface area contributed by atoms with Gasteiger partial charge in [-0.25, -0.2) is 9.78 Å². The van der Waals surface area contributed by atoms with E-state index >= 15 is 0 Å². The zero-order chi connectivity index (χ0) is 29.3. The third kappa shape index (κ3) is 8.10. The third-order valence-corrected chi connectivity index (χ3v) is 6.11. The first-order valence-corrected chi connectivity index (χ1v) is 13.4. The molecule has 40 heavy (non-hydrogen) atoms. The number of carbonyl (C=O) groups is 2. The second-order valence-corrected chi connectivity index (χ2v) is 8.68. The molecule has 1 heterocycles.